The zero-order valence-corrected chi connectivity index (χ0v) is 8.05. The van der Waals surface area contributed by atoms with Crippen LogP contribution >= 0.6 is 11.8 Å². The first-order valence-electron chi connectivity index (χ1n) is 4.03. The molecule has 0 amide bonds. The Morgan fingerprint density at radius 3 is 2.58 bits per heavy atom. The highest BCUT2D eigenvalue weighted by Gasteiger charge is 2.19. The molecule has 0 aliphatic carbocycles. The fourth-order valence-corrected chi connectivity index (χ4v) is 2.07. The summed E-state index contributed by atoms with van der Waals surface area (Å²) >= 11 is 1.90. The second kappa shape index (κ2) is 4.45. The zero-order chi connectivity index (χ0) is 8.97. The zero-order valence-electron chi connectivity index (χ0n) is 7.23. The van der Waals surface area contributed by atoms with Crippen molar-refractivity contribution in [1.82, 2.24) is 4.90 Å². The van der Waals surface area contributed by atoms with Crippen LogP contribution in [0.3, 0.4) is 0 Å². The predicted molar refractivity (Wildman–Crippen MR) is 51.5 cm³/mol. The number of nitrogens with zero attached hydrogens (tertiary/aromatic N) is 2. The SMILES string of the molecule is CSC1CCN(/C(N)=N/O)CC1. The molecule has 1 rings (SSSR count). The molecule has 0 bridgehead atoms. The molecule has 70 valence electrons. The van der Waals surface area contributed by atoms with Gasteiger partial charge in [-0.25, -0.2) is 0 Å². The molecule has 1 aliphatic heterocycles. The lowest BCUT2D eigenvalue weighted by molar-refractivity contribution is 0.284. The predicted octanol–water partition coefficient (Wildman–Crippen LogP) is 0.518. The van der Waals surface area contributed by atoms with Gasteiger partial charge in [0.25, 0.3) is 0 Å². The van der Waals surface area contributed by atoms with Crippen LogP contribution in [-0.4, -0.2) is 40.7 Å². The molecular weight excluding hydrogens is 174 g/mol. The molecule has 1 heterocycles. The summed E-state index contributed by atoms with van der Waals surface area (Å²) in [5.41, 5.74) is 5.45. The van der Waals surface area contributed by atoms with Gasteiger partial charge in [0.05, 0.1) is 0 Å². The average molecular weight is 189 g/mol. The number of thioether (sulfide) groups is 1. The molecular formula is C7H15N3OS. The van der Waals surface area contributed by atoms with E-state index in [-0.39, 0.29) is 5.96 Å². The van der Waals surface area contributed by atoms with E-state index >= 15 is 0 Å². The maximum atomic E-state index is 8.43. The van der Waals surface area contributed by atoms with Crippen molar-refractivity contribution in [2.75, 3.05) is 19.3 Å². The summed E-state index contributed by atoms with van der Waals surface area (Å²) in [4.78, 5) is 1.91. The lowest BCUT2D eigenvalue weighted by Crippen LogP contribution is -2.43. The number of piperidine rings is 1. The van der Waals surface area contributed by atoms with Crippen LogP contribution in [0.15, 0.2) is 5.16 Å². The van der Waals surface area contributed by atoms with Crippen LogP contribution in [0, 0.1) is 0 Å². The second-order valence-corrected chi connectivity index (χ2v) is 4.02. The van der Waals surface area contributed by atoms with Crippen molar-refractivity contribution in [3.05, 3.63) is 0 Å². The van der Waals surface area contributed by atoms with Crippen molar-refractivity contribution < 1.29 is 5.21 Å². The van der Waals surface area contributed by atoms with Gasteiger partial charge in [0.1, 0.15) is 0 Å². The molecule has 1 aliphatic rings. The van der Waals surface area contributed by atoms with Gasteiger partial charge in [-0.3, -0.25) is 0 Å². The smallest absolute Gasteiger partial charge is 0.233 e. The van der Waals surface area contributed by atoms with Crippen LogP contribution in [-0.2, 0) is 0 Å². The van der Waals surface area contributed by atoms with Crippen molar-refractivity contribution in [2.24, 2.45) is 10.9 Å². The largest absolute Gasteiger partial charge is 0.408 e. The molecule has 1 saturated heterocycles. The summed E-state index contributed by atoms with van der Waals surface area (Å²) in [6, 6.07) is 0. The van der Waals surface area contributed by atoms with E-state index in [0.29, 0.717) is 0 Å². The van der Waals surface area contributed by atoms with Crippen LogP contribution in [0.4, 0.5) is 0 Å². The Balaban J connectivity index is 2.36. The Hall–Kier alpha value is -0.580. The summed E-state index contributed by atoms with van der Waals surface area (Å²) in [7, 11) is 0. The van der Waals surface area contributed by atoms with E-state index in [1.807, 2.05) is 16.7 Å². The summed E-state index contributed by atoms with van der Waals surface area (Å²) in [6.07, 6.45) is 4.37. The molecule has 0 aromatic heterocycles. The van der Waals surface area contributed by atoms with Gasteiger partial charge < -0.3 is 15.8 Å². The quantitative estimate of drug-likeness (QED) is 0.273. The maximum absolute atomic E-state index is 8.43. The van der Waals surface area contributed by atoms with Gasteiger partial charge in [0, 0.05) is 18.3 Å². The summed E-state index contributed by atoms with van der Waals surface area (Å²) in [5.74, 6) is 0.245. The number of nitrogens with two attached hydrogens (primary N) is 1. The molecule has 0 aromatic rings. The minimum absolute atomic E-state index is 0.245. The standard InChI is InChI=1S/C7H15N3OS/c1-12-6-2-4-10(5-3-6)7(8)9-11/h6,11H,2-5H2,1H3,(H2,8,9). The molecule has 12 heavy (non-hydrogen) atoms. The number of rotatable bonds is 1. The number of hydrogen-bond donors (Lipinski definition) is 2. The monoisotopic (exact) mass is 189 g/mol. The molecule has 0 spiro atoms. The lowest BCUT2D eigenvalue weighted by atomic mass is 10.1. The van der Waals surface area contributed by atoms with E-state index in [1.54, 1.807) is 0 Å². The van der Waals surface area contributed by atoms with Crippen LogP contribution in [0.2, 0.25) is 0 Å². The number of hydrogen-bond acceptors (Lipinski definition) is 3. The van der Waals surface area contributed by atoms with E-state index in [4.69, 9.17) is 10.9 Å². The Labute approximate surface area is 76.8 Å². The van der Waals surface area contributed by atoms with Crippen molar-refractivity contribution in [3.8, 4) is 0 Å². The fourth-order valence-electron chi connectivity index (χ4n) is 1.38. The van der Waals surface area contributed by atoms with Crippen LogP contribution in [0.1, 0.15) is 12.8 Å². The molecule has 0 saturated carbocycles. The van der Waals surface area contributed by atoms with E-state index in [2.05, 4.69) is 11.4 Å². The van der Waals surface area contributed by atoms with Crippen molar-refractivity contribution >= 4 is 17.7 Å². The number of likely N-dealkylation sites (tertiary alicyclic amines) is 1. The van der Waals surface area contributed by atoms with E-state index < -0.39 is 0 Å². The number of guanidine groups is 1. The highest BCUT2D eigenvalue weighted by molar-refractivity contribution is 7.99. The topological polar surface area (TPSA) is 61.8 Å². The maximum Gasteiger partial charge on any atom is 0.233 e. The van der Waals surface area contributed by atoms with E-state index in [9.17, 15) is 0 Å². The van der Waals surface area contributed by atoms with Gasteiger partial charge in [-0.15, -0.1) is 0 Å². The average Bonchev–Trinajstić information content (AvgIpc) is 2.17. The van der Waals surface area contributed by atoms with Gasteiger partial charge in [0.15, 0.2) is 0 Å². The van der Waals surface area contributed by atoms with Gasteiger partial charge in [0.2, 0.25) is 5.96 Å². The molecule has 5 heteroatoms. The third-order valence-electron chi connectivity index (χ3n) is 2.20. The fraction of sp³-hybridized carbons (Fsp3) is 0.857. The Morgan fingerprint density at radius 1 is 1.58 bits per heavy atom. The third kappa shape index (κ3) is 2.20. The first kappa shape index (κ1) is 9.51. The van der Waals surface area contributed by atoms with Gasteiger partial charge >= 0.3 is 0 Å². The van der Waals surface area contributed by atoms with Gasteiger partial charge in [-0.05, 0) is 19.1 Å². The first-order chi connectivity index (χ1) is 5.77. The van der Waals surface area contributed by atoms with Crippen molar-refractivity contribution in [1.29, 1.82) is 0 Å². The van der Waals surface area contributed by atoms with Crippen molar-refractivity contribution in [3.63, 3.8) is 0 Å². The highest BCUT2D eigenvalue weighted by Crippen LogP contribution is 2.20. The highest BCUT2D eigenvalue weighted by atomic mass is 32.2. The second-order valence-electron chi connectivity index (χ2n) is 2.88. The lowest BCUT2D eigenvalue weighted by Gasteiger charge is -2.30. The molecule has 4 nitrogen and oxygen atoms in total. The Kier molecular flexibility index (Phi) is 3.52. The summed E-state index contributed by atoms with van der Waals surface area (Å²) < 4.78 is 0. The van der Waals surface area contributed by atoms with E-state index in [1.165, 1.54) is 0 Å². The Bertz CT molecular complexity index is 166. The molecule has 0 unspecified atom stereocenters. The first-order valence-corrected chi connectivity index (χ1v) is 5.32. The minimum Gasteiger partial charge on any atom is -0.408 e. The van der Waals surface area contributed by atoms with Crippen LogP contribution in [0.5, 0.6) is 0 Å². The molecule has 0 aromatic carbocycles. The molecule has 1 fully saturated rings. The van der Waals surface area contributed by atoms with E-state index in [0.717, 1.165) is 31.2 Å². The van der Waals surface area contributed by atoms with Gasteiger partial charge in [-0.2, -0.15) is 11.8 Å². The summed E-state index contributed by atoms with van der Waals surface area (Å²) in [5, 5.41) is 12.1. The van der Waals surface area contributed by atoms with Crippen LogP contribution < -0.4 is 5.73 Å². The van der Waals surface area contributed by atoms with Gasteiger partial charge in [-0.1, -0.05) is 5.16 Å². The Morgan fingerprint density at radius 2 is 2.17 bits per heavy atom. The van der Waals surface area contributed by atoms with Crippen LogP contribution in [0.25, 0.3) is 0 Å². The molecule has 0 atom stereocenters. The molecule has 3 N–H and O–H groups in total. The third-order valence-corrected chi connectivity index (χ3v) is 3.34. The summed E-state index contributed by atoms with van der Waals surface area (Å²) in [6.45, 7) is 1.81. The normalized spacial score (nSPS) is 21.4. The molecule has 0 radical (unpaired) electrons. The van der Waals surface area contributed by atoms with Crippen molar-refractivity contribution in [2.45, 2.75) is 18.1 Å². The minimum atomic E-state index is 0.245. The number of oxime groups is 1.